The van der Waals surface area contributed by atoms with Crippen LogP contribution in [-0.4, -0.2) is 61.6 Å². The van der Waals surface area contributed by atoms with Gasteiger partial charge in [0, 0.05) is 19.3 Å². The molecule has 1 fully saturated rings. The van der Waals surface area contributed by atoms with Crippen LogP contribution < -0.4 is 16.2 Å². The Morgan fingerprint density at radius 3 is 2.64 bits per heavy atom. The van der Waals surface area contributed by atoms with E-state index in [1.807, 2.05) is 0 Å². The number of hydrogen-bond acceptors (Lipinski definition) is 5. The first-order chi connectivity index (χ1) is 19.9. The van der Waals surface area contributed by atoms with Gasteiger partial charge in [-0.05, 0) is 73.4 Å². The van der Waals surface area contributed by atoms with Crippen molar-refractivity contribution in [2.45, 2.75) is 65.5 Å². The van der Waals surface area contributed by atoms with Crippen molar-refractivity contribution >= 4 is 34.6 Å². The average molecular weight is 581 g/mol. The van der Waals surface area contributed by atoms with Crippen LogP contribution in [-0.2, 0) is 22.6 Å². The van der Waals surface area contributed by atoms with Crippen molar-refractivity contribution in [3.63, 3.8) is 0 Å². The number of H-pyrrole nitrogens is 1. The third-order valence-electron chi connectivity index (χ3n) is 6.91. The van der Waals surface area contributed by atoms with Crippen molar-refractivity contribution in [1.29, 1.82) is 0 Å². The molecule has 224 valence electrons. The summed E-state index contributed by atoms with van der Waals surface area (Å²) in [5.74, 6) is -0.740. The summed E-state index contributed by atoms with van der Waals surface area (Å²) in [6.45, 7) is 7.65. The minimum absolute atomic E-state index is 0.0324. The zero-order valence-corrected chi connectivity index (χ0v) is 24.1. The second-order valence-electron chi connectivity index (χ2n) is 11.7. The number of likely N-dealkylation sites (tertiary alicyclic amines) is 1. The maximum Gasteiger partial charge on any atom is 0.405 e. The van der Waals surface area contributed by atoms with Crippen molar-refractivity contribution in [3.05, 3.63) is 70.2 Å². The zero-order chi connectivity index (χ0) is 30.4. The quantitative estimate of drug-likeness (QED) is 0.266. The van der Waals surface area contributed by atoms with Crippen LogP contribution in [0.15, 0.2) is 47.4 Å². The van der Waals surface area contributed by atoms with Gasteiger partial charge in [-0.15, -0.1) is 0 Å². The van der Waals surface area contributed by atoms with Crippen LogP contribution in [0.2, 0.25) is 0 Å². The molecule has 0 spiro atoms. The van der Waals surface area contributed by atoms with Gasteiger partial charge in [0.2, 0.25) is 11.8 Å². The number of allylic oxidation sites excluding steroid dienone is 1. The predicted molar refractivity (Wildman–Crippen MR) is 157 cm³/mol. The van der Waals surface area contributed by atoms with E-state index in [1.54, 1.807) is 17.0 Å². The van der Waals surface area contributed by atoms with Crippen molar-refractivity contribution in [1.82, 2.24) is 24.8 Å². The zero-order valence-electron chi connectivity index (χ0n) is 24.1. The number of pyridine rings is 1. The van der Waals surface area contributed by atoms with Crippen LogP contribution in [0.1, 0.15) is 57.8 Å². The predicted octanol–water partition coefficient (Wildman–Crippen LogP) is 4.03. The fourth-order valence-electron chi connectivity index (χ4n) is 5.03. The standard InChI is InChI=1S/C30H37FN6O5/c1-30(2,3)17-19-15-20(31)16-23-26(19)35-24(32-23)18-37-14-8-10-22(28(37)40)33-27(39)21(34-29(41)42)9-4-5-11-25(38)36-12-6-7-13-36/h5,8,10-11,14-16,21,34H,4,6-7,9,12-13,17-18H2,1-3H3,(H,32,35)(H,33,39)(H,41,42)/b11-5+/t21-/m0/s1. The van der Waals surface area contributed by atoms with Crippen molar-refractivity contribution in [2.75, 3.05) is 18.4 Å². The monoisotopic (exact) mass is 580 g/mol. The Morgan fingerprint density at radius 2 is 1.95 bits per heavy atom. The van der Waals surface area contributed by atoms with Crippen LogP contribution in [0.5, 0.6) is 0 Å². The summed E-state index contributed by atoms with van der Waals surface area (Å²) in [5, 5.41) is 13.9. The molecule has 3 aromatic rings. The summed E-state index contributed by atoms with van der Waals surface area (Å²) in [6, 6.07) is 4.71. The summed E-state index contributed by atoms with van der Waals surface area (Å²) in [5.41, 5.74) is 1.30. The third kappa shape index (κ3) is 8.05. The van der Waals surface area contributed by atoms with Crippen LogP contribution in [0.25, 0.3) is 11.0 Å². The van der Waals surface area contributed by atoms with Gasteiger partial charge in [0.1, 0.15) is 23.4 Å². The molecule has 3 heterocycles. The SMILES string of the molecule is CC(C)(C)Cc1cc(F)cc2[nH]c(Cn3cccc(NC(=O)[C@H](CC/C=C/C(=O)N4CCCC4)NC(=O)O)c3=O)nc12. The number of aromatic amines is 1. The highest BCUT2D eigenvalue weighted by atomic mass is 19.1. The molecule has 2 aromatic heterocycles. The molecule has 1 aliphatic rings. The average Bonchev–Trinajstić information content (AvgIpc) is 3.57. The number of amides is 3. The minimum Gasteiger partial charge on any atom is -0.465 e. The van der Waals surface area contributed by atoms with E-state index in [0.29, 0.717) is 23.3 Å². The van der Waals surface area contributed by atoms with Crippen LogP contribution in [0.3, 0.4) is 0 Å². The molecule has 0 unspecified atom stereocenters. The number of carbonyl (C=O) groups excluding carboxylic acids is 2. The number of carboxylic acid groups (broad SMARTS) is 1. The molecule has 12 heteroatoms. The van der Waals surface area contributed by atoms with E-state index in [1.165, 1.54) is 35.0 Å². The van der Waals surface area contributed by atoms with E-state index < -0.39 is 23.6 Å². The second-order valence-corrected chi connectivity index (χ2v) is 11.7. The maximum atomic E-state index is 14.3. The number of hydrogen-bond donors (Lipinski definition) is 4. The number of benzene rings is 1. The molecule has 1 atom stereocenters. The van der Waals surface area contributed by atoms with Crippen LogP contribution >= 0.6 is 0 Å². The Labute approximate surface area is 242 Å². The molecular weight excluding hydrogens is 543 g/mol. The number of nitrogens with zero attached hydrogens (tertiary/aromatic N) is 3. The molecule has 1 aromatic carbocycles. The topological polar surface area (TPSA) is 149 Å². The highest BCUT2D eigenvalue weighted by molar-refractivity contribution is 5.96. The Hall–Kier alpha value is -4.48. The fourth-order valence-corrected chi connectivity index (χ4v) is 5.03. The normalized spacial score (nSPS) is 14.4. The molecule has 0 saturated carbocycles. The van der Waals surface area contributed by atoms with Gasteiger partial charge in [0.15, 0.2) is 0 Å². The van der Waals surface area contributed by atoms with Gasteiger partial charge in [0.05, 0.1) is 17.6 Å². The van der Waals surface area contributed by atoms with Crippen molar-refractivity contribution < 1.29 is 23.9 Å². The molecule has 42 heavy (non-hydrogen) atoms. The summed E-state index contributed by atoms with van der Waals surface area (Å²) in [7, 11) is 0. The molecule has 1 aliphatic heterocycles. The number of carbonyl (C=O) groups is 3. The van der Waals surface area contributed by atoms with E-state index in [9.17, 15) is 28.7 Å². The van der Waals surface area contributed by atoms with E-state index in [2.05, 4.69) is 41.4 Å². The largest absolute Gasteiger partial charge is 0.465 e. The third-order valence-corrected chi connectivity index (χ3v) is 6.91. The number of aromatic nitrogens is 3. The molecule has 4 rings (SSSR count). The fraction of sp³-hybridized carbons (Fsp3) is 0.433. The molecule has 0 aliphatic carbocycles. The number of rotatable bonds is 10. The summed E-state index contributed by atoms with van der Waals surface area (Å²) in [4.78, 5) is 59.1. The number of nitrogens with one attached hydrogen (secondary N) is 3. The first-order valence-electron chi connectivity index (χ1n) is 14.0. The molecular formula is C30H37FN6O5. The van der Waals surface area contributed by atoms with Gasteiger partial charge in [-0.1, -0.05) is 26.8 Å². The lowest BCUT2D eigenvalue weighted by Crippen LogP contribution is -2.44. The minimum atomic E-state index is -1.38. The number of anilines is 1. The Bertz CT molecular complexity index is 1550. The van der Waals surface area contributed by atoms with E-state index in [4.69, 9.17) is 0 Å². The van der Waals surface area contributed by atoms with Gasteiger partial charge in [-0.3, -0.25) is 14.4 Å². The molecule has 0 radical (unpaired) electrons. The van der Waals surface area contributed by atoms with E-state index in [0.717, 1.165) is 31.5 Å². The second kappa shape index (κ2) is 13.0. The van der Waals surface area contributed by atoms with Gasteiger partial charge < -0.3 is 30.2 Å². The van der Waals surface area contributed by atoms with Crippen LogP contribution in [0, 0.1) is 11.2 Å². The summed E-state index contributed by atoms with van der Waals surface area (Å²) >= 11 is 0. The Balaban J connectivity index is 1.45. The molecule has 11 nitrogen and oxygen atoms in total. The van der Waals surface area contributed by atoms with Gasteiger partial charge in [-0.2, -0.15) is 0 Å². The summed E-state index contributed by atoms with van der Waals surface area (Å²) < 4.78 is 15.6. The molecule has 4 N–H and O–H groups in total. The molecule has 1 saturated heterocycles. The Morgan fingerprint density at radius 1 is 1.21 bits per heavy atom. The number of halogens is 1. The van der Waals surface area contributed by atoms with Gasteiger partial charge in [0.25, 0.3) is 5.56 Å². The lowest BCUT2D eigenvalue weighted by molar-refractivity contribution is -0.125. The van der Waals surface area contributed by atoms with Gasteiger partial charge in [-0.25, -0.2) is 14.2 Å². The van der Waals surface area contributed by atoms with Crippen molar-refractivity contribution in [2.24, 2.45) is 5.41 Å². The lowest BCUT2D eigenvalue weighted by atomic mass is 9.87. The van der Waals surface area contributed by atoms with E-state index in [-0.39, 0.29) is 42.2 Å². The van der Waals surface area contributed by atoms with Gasteiger partial charge >= 0.3 is 6.09 Å². The van der Waals surface area contributed by atoms with Crippen molar-refractivity contribution in [3.8, 4) is 0 Å². The van der Waals surface area contributed by atoms with E-state index >= 15 is 0 Å². The number of imidazole rings is 1. The van der Waals surface area contributed by atoms with Crippen LogP contribution in [0.4, 0.5) is 14.9 Å². The molecule has 3 amide bonds. The lowest BCUT2D eigenvalue weighted by Gasteiger charge is -2.18. The first kappa shape index (κ1) is 30.5. The Kier molecular flexibility index (Phi) is 9.44. The maximum absolute atomic E-state index is 14.3. The number of fused-ring (bicyclic) bond motifs is 1. The highest BCUT2D eigenvalue weighted by Crippen LogP contribution is 2.27. The molecule has 0 bridgehead atoms. The smallest absolute Gasteiger partial charge is 0.405 e. The highest BCUT2D eigenvalue weighted by Gasteiger charge is 2.22. The first-order valence-corrected chi connectivity index (χ1v) is 14.0. The summed E-state index contributed by atoms with van der Waals surface area (Å²) in [6.07, 6.45) is 6.15.